The first kappa shape index (κ1) is 9.97. The molecule has 0 bridgehead atoms. The minimum atomic E-state index is 0.122. The largest absolute Gasteiger partial charge is 0.367 e. The summed E-state index contributed by atoms with van der Waals surface area (Å²) in [5.41, 5.74) is 3.59. The van der Waals surface area contributed by atoms with E-state index in [1.54, 1.807) is 0 Å². The van der Waals surface area contributed by atoms with Crippen molar-refractivity contribution >= 4 is 0 Å². The molecule has 2 rings (SSSR count). The van der Waals surface area contributed by atoms with Gasteiger partial charge in [-0.3, -0.25) is 4.98 Å². The van der Waals surface area contributed by atoms with E-state index in [4.69, 9.17) is 0 Å². The number of H-pyrrole nitrogens is 1. The van der Waals surface area contributed by atoms with Crippen LogP contribution in [0, 0.1) is 0 Å². The van der Waals surface area contributed by atoms with Crippen molar-refractivity contribution in [1.29, 1.82) is 0 Å². The fraction of sp³-hybridized carbons (Fsp3) is 0.308. The van der Waals surface area contributed by atoms with Gasteiger partial charge in [-0.25, -0.2) is 0 Å². The van der Waals surface area contributed by atoms with Crippen LogP contribution in [0.25, 0.3) is 11.1 Å². The van der Waals surface area contributed by atoms with Crippen molar-refractivity contribution in [2.45, 2.75) is 26.2 Å². The van der Waals surface area contributed by atoms with Crippen molar-refractivity contribution in [1.82, 2.24) is 9.97 Å². The van der Waals surface area contributed by atoms with Crippen molar-refractivity contribution in [3.63, 3.8) is 0 Å². The molecule has 0 aromatic carbocycles. The van der Waals surface area contributed by atoms with E-state index in [0.29, 0.717) is 0 Å². The Hall–Kier alpha value is -1.57. The maximum absolute atomic E-state index is 4.49. The Balaban J connectivity index is 2.33. The van der Waals surface area contributed by atoms with Crippen molar-refractivity contribution in [2.24, 2.45) is 0 Å². The maximum Gasteiger partial charge on any atom is 0.0457 e. The highest BCUT2D eigenvalue weighted by Crippen LogP contribution is 2.23. The summed E-state index contributed by atoms with van der Waals surface area (Å²) in [5, 5.41) is 0. The molecule has 2 aromatic heterocycles. The topological polar surface area (TPSA) is 28.7 Å². The van der Waals surface area contributed by atoms with E-state index in [1.807, 2.05) is 24.7 Å². The molecule has 0 saturated heterocycles. The summed E-state index contributed by atoms with van der Waals surface area (Å²) >= 11 is 0. The summed E-state index contributed by atoms with van der Waals surface area (Å²) in [5.74, 6) is 0. The number of nitrogens with one attached hydrogen (secondary N) is 1. The molecule has 0 unspecified atom stereocenters. The van der Waals surface area contributed by atoms with Gasteiger partial charge in [0, 0.05) is 40.8 Å². The van der Waals surface area contributed by atoms with Gasteiger partial charge in [-0.15, -0.1) is 0 Å². The van der Waals surface area contributed by atoms with Gasteiger partial charge in [-0.05, 0) is 12.1 Å². The molecule has 15 heavy (non-hydrogen) atoms. The summed E-state index contributed by atoms with van der Waals surface area (Å²) in [6.45, 7) is 6.52. The monoisotopic (exact) mass is 200 g/mol. The Bertz CT molecular complexity index is 419. The van der Waals surface area contributed by atoms with Crippen molar-refractivity contribution in [3.05, 3.63) is 42.5 Å². The Morgan fingerprint density at radius 2 is 1.87 bits per heavy atom. The van der Waals surface area contributed by atoms with E-state index in [0.717, 1.165) is 11.3 Å². The van der Waals surface area contributed by atoms with Gasteiger partial charge in [0.15, 0.2) is 0 Å². The number of rotatable bonds is 1. The van der Waals surface area contributed by atoms with Crippen molar-refractivity contribution < 1.29 is 0 Å². The van der Waals surface area contributed by atoms with Crippen LogP contribution in [0.5, 0.6) is 0 Å². The fourth-order valence-corrected chi connectivity index (χ4v) is 1.51. The minimum Gasteiger partial charge on any atom is -0.367 e. The zero-order valence-electron chi connectivity index (χ0n) is 9.41. The quantitative estimate of drug-likeness (QED) is 0.751. The van der Waals surface area contributed by atoms with Crippen LogP contribution in [0.2, 0.25) is 0 Å². The van der Waals surface area contributed by atoms with Crippen LogP contribution in [0.15, 0.2) is 36.8 Å². The standard InChI is InChI=1S/C13H16N2/c1-13(2,3)12-5-4-10(9-15-12)11-6-7-14-8-11/h4-9,14H,1-3H3. The molecule has 78 valence electrons. The second-order valence-electron chi connectivity index (χ2n) is 4.78. The highest BCUT2D eigenvalue weighted by molar-refractivity contribution is 5.61. The minimum absolute atomic E-state index is 0.122. The van der Waals surface area contributed by atoms with Crippen LogP contribution < -0.4 is 0 Å². The molecule has 0 spiro atoms. The van der Waals surface area contributed by atoms with Crippen LogP contribution in [-0.2, 0) is 5.41 Å². The van der Waals surface area contributed by atoms with E-state index in [-0.39, 0.29) is 5.41 Å². The van der Waals surface area contributed by atoms with E-state index in [1.165, 1.54) is 5.56 Å². The number of hydrogen-bond donors (Lipinski definition) is 1. The van der Waals surface area contributed by atoms with Gasteiger partial charge in [-0.2, -0.15) is 0 Å². The lowest BCUT2D eigenvalue weighted by molar-refractivity contribution is 0.569. The third kappa shape index (κ3) is 2.09. The molecule has 0 saturated carbocycles. The highest BCUT2D eigenvalue weighted by atomic mass is 14.7. The predicted octanol–water partition coefficient (Wildman–Crippen LogP) is 3.37. The Labute approximate surface area is 90.4 Å². The lowest BCUT2D eigenvalue weighted by Gasteiger charge is -2.17. The van der Waals surface area contributed by atoms with Gasteiger partial charge in [0.2, 0.25) is 0 Å². The second kappa shape index (κ2) is 3.54. The molecule has 0 fully saturated rings. The molecular weight excluding hydrogens is 184 g/mol. The summed E-state index contributed by atoms with van der Waals surface area (Å²) in [4.78, 5) is 7.54. The van der Waals surface area contributed by atoms with Crippen molar-refractivity contribution in [2.75, 3.05) is 0 Å². The fourth-order valence-electron chi connectivity index (χ4n) is 1.51. The summed E-state index contributed by atoms with van der Waals surface area (Å²) in [6, 6.07) is 6.27. The summed E-state index contributed by atoms with van der Waals surface area (Å²) in [7, 11) is 0. The number of pyridine rings is 1. The van der Waals surface area contributed by atoms with E-state index >= 15 is 0 Å². The van der Waals surface area contributed by atoms with Gasteiger partial charge >= 0.3 is 0 Å². The third-order valence-electron chi connectivity index (χ3n) is 2.46. The van der Waals surface area contributed by atoms with Crippen molar-refractivity contribution in [3.8, 4) is 11.1 Å². The molecule has 0 atom stereocenters. The van der Waals surface area contributed by atoms with Gasteiger partial charge in [0.1, 0.15) is 0 Å². The Morgan fingerprint density at radius 3 is 2.33 bits per heavy atom. The molecule has 0 radical (unpaired) electrons. The molecule has 2 heterocycles. The van der Waals surface area contributed by atoms with E-state index in [2.05, 4.69) is 42.9 Å². The van der Waals surface area contributed by atoms with Crippen LogP contribution in [0.3, 0.4) is 0 Å². The zero-order chi connectivity index (χ0) is 10.9. The van der Waals surface area contributed by atoms with E-state index < -0.39 is 0 Å². The van der Waals surface area contributed by atoms with Gasteiger partial charge < -0.3 is 4.98 Å². The maximum atomic E-state index is 4.49. The van der Waals surface area contributed by atoms with Gasteiger partial charge in [-0.1, -0.05) is 26.8 Å². The molecule has 0 aliphatic heterocycles. The number of nitrogens with zero attached hydrogens (tertiary/aromatic N) is 1. The Kier molecular flexibility index (Phi) is 2.35. The first-order chi connectivity index (χ1) is 7.07. The number of aromatic amines is 1. The van der Waals surface area contributed by atoms with Crippen LogP contribution >= 0.6 is 0 Å². The van der Waals surface area contributed by atoms with Crippen LogP contribution in [0.4, 0.5) is 0 Å². The SMILES string of the molecule is CC(C)(C)c1ccc(-c2cc[nH]c2)cn1. The third-order valence-corrected chi connectivity index (χ3v) is 2.46. The van der Waals surface area contributed by atoms with Crippen LogP contribution in [-0.4, -0.2) is 9.97 Å². The van der Waals surface area contributed by atoms with Crippen LogP contribution in [0.1, 0.15) is 26.5 Å². The Morgan fingerprint density at radius 1 is 1.07 bits per heavy atom. The number of hydrogen-bond acceptors (Lipinski definition) is 1. The first-order valence-corrected chi connectivity index (χ1v) is 5.17. The van der Waals surface area contributed by atoms with Gasteiger partial charge in [0.25, 0.3) is 0 Å². The molecule has 2 heteroatoms. The second-order valence-corrected chi connectivity index (χ2v) is 4.78. The molecule has 0 aliphatic carbocycles. The normalized spacial score (nSPS) is 11.7. The first-order valence-electron chi connectivity index (χ1n) is 5.17. The lowest BCUT2D eigenvalue weighted by atomic mass is 9.91. The zero-order valence-corrected chi connectivity index (χ0v) is 9.41. The molecule has 0 aliphatic rings. The average Bonchev–Trinajstić information content (AvgIpc) is 2.69. The molecule has 1 N–H and O–H groups in total. The number of aromatic nitrogens is 2. The van der Waals surface area contributed by atoms with E-state index in [9.17, 15) is 0 Å². The molecular formula is C13H16N2. The summed E-state index contributed by atoms with van der Waals surface area (Å²) in [6.07, 6.45) is 5.84. The molecule has 2 nitrogen and oxygen atoms in total. The average molecular weight is 200 g/mol. The lowest BCUT2D eigenvalue weighted by Crippen LogP contribution is -2.12. The summed E-state index contributed by atoms with van der Waals surface area (Å²) < 4.78 is 0. The predicted molar refractivity (Wildman–Crippen MR) is 62.7 cm³/mol. The highest BCUT2D eigenvalue weighted by Gasteiger charge is 2.14. The smallest absolute Gasteiger partial charge is 0.0457 e. The molecule has 2 aromatic rings. The van der Waals surface area contributed by atoms with Gasteiger partial charge in [0.05, 0.1) is 0 Å². The molecule has 0 amide bonds.